The van der Waals surface area contributed by atoms with Gasteiger partial charge in [0.05, 0.1) is 17.2 Å². The second-order valence-corrected chi connectivity index (χ2v) is 8.98. The van der Waals surface area contributed by atoms with Crippen molar-refractivity contribution >= 4 is 27.5 Å². The number of hydrogen-bond donors (Lipinski definition) is 0. The normalized spacial score (nSPS) is 15.2. The lowest BCUT2D eigenvalue weighted by molar-refractivity contribution is 0.0688. The van der Waals surface area contributed by atoms with Gasteiger partial charge in [0.1, 0.15) is 17.3 Å². The molecule has 0 radical (unpaired) electrons. The number of piperazine rings is 1. The Kier molecular flexibility index (Phi) is 7.71. The molecule has 0 N–H and O–H groups in total. The molecule has 0 atom stereocenters. The second kappa shape index (κ2) is 10.3. The number of rotatable bonds is 8. The molecule has 1 aliphatic heterocycles. The van der Waals surface area contributed by atoms with Gasteiger partial charge in [0.25, 0.3) is 5.91 Å². The lowest BCUT2D eigenvalue weighted by Crippen LogP contribution is -2.50. The highest BCUT2D eigenvalue weighted by Crippen LogP contribution is 2.26. The van der Waals surface area contributed by atoms with E-state index < -0.39 is 10.0 Å². The summed E-state index contributed by atoms with van der Waals surface area (Å²) in [4.78, 5) is 14.7. The summed E-state index contributed by atoms with van der Waals surface area (Å²) in [7, 11) is -3.71. The fourth-order valence-electron chi connectivity index (χ4n) is 3.22. The van der Waals surface area contributed by atoms with Gasteiger partial charge in [-0.25, -0.2) is 8.42 Å². The van der Waals surface area contributed by atoms with Crippen LogP contribution in [0.5, 0.6) is 5.75 Å². The number of para-hydroxylation sites is 1. The topological polar surface area (TPSA) is 76.2 Å². The molecule has 9 heteroatoms. The van der Waals surface area contributed by atoms with Crippen molar-refractivity contribution in [3.8, 4) is 5.75 Å². The van der Waals surface area contributed by atoms with Crippen molar-refractivity contribution < 1.29 is 22.7 Å². The van der Waals surface area contributed by atoms with E-state index in [1.807, 2.05) is 6.92 Å². The van der Waals surface area contributed by atoms with E-state index in [9.17, 15) is 13.2 Å². The molecule has 0 bridgehead atoms. The summed E-state index contributed by atoms with van der Waals surface area (Å²) in [6.07, 6.45) is 0. The summed E-state index contributed by atoms with van der Waals surface area (Å²) in [5, 5.41) is 0.189. The SMILES string of the molecule is CCOCCOc1ccccc1C(=O)N1CCN(S(=O)(=O)c2ccccc2Cl)CC1. The Labute approximate surface area is 182 Å². The van der Waals surface area contributed by atoms with Crippen molar-refractivity contribution in [2.24, 2.45) is 0 Å². The van der Waals surface area contributed by atoms with E-state index in [0.29, 0.717) is 31.1 Å². The molecule has 0 aliphatic carbocycles. The van der Waals surface area contributed by atoms with Crippen LogP contribution in [0.3, 0.4) is 0 Å². The number of sulfonamides is 1. The maximum absolute atomic E-state index is 13.0. The van der Waals surface area contributed by atoms with Crippen LogP contribution in [0.2, 0.25) is 5.02 Å². The van der Waals surface area contributed by atoms with Crippen LogP contribution in [-0.2, 0) is 14.8 Å². The van der Waals surface area contributed by atoms with Gasteiger partial charge in [0.2, 0.25) is 10.0 Å². The van der Waals surface area contributed by atoms with Gasteiger partial charge in [0.15, 0.2) is 0 Å². The van der Waals surface area contributed by atoms with Crippen LogP contribution in [0.25, 0.3) is 0 Å². The van der Waals surface area contributed by atoms with Crippen molar-refractivity contribution in [1.29, 1.82) is 0 Å². The Bertz CT molecular complexity index is 975. The molecular weight excluding hydrogens is 428 g/mol. The first-order chi connectivity index (χ1) is 14.4. The summed E-state index contributed by atoms with van der Waals surface area (Å²) < 4.78 is 38.1. The molecule has 0 aromatic heterocycles. The van der Waals surface area contributed by atoms with E-state index >= 15 is 0 Å². The van der Waals surface area contributed by atoms with E-state index in [0.717, 1.165) is 0 Å². The molecule has 162 valence electrons. The lowest BCUT2D eigenvalue weighted by atomic mass is 10.1. The average molecular weight is 453 g/mol. The largest absolute Gasteiger partial charge is 0.490 e. The predicted molar refractivity (Wildman–Crippen MR) is 115 cm³/mol. The number of hydrogen-bond acceptors (Lipinski definition) is 5. The van der Waals surface area contributed by atoms with Crippen LogP contribution in [-0.4, -0.2) is 69.5 Å². The average Bonchev–Trinajstić information content (AvgIpc) is 2.77. The highest BCUT2D eigenvalue weighted by molar-refractivity contribution is 7.89. The van der Waals surface area contributed by atoms with Crippen molar-refractivity contribution in [3.63, 3.8) is 0 Å². The van der Waals surface area contributed by atoms with Gasteiger partial charge >= 0.3 is 0 Å². The lowest BCUT2D eigenvalue weighted by Gasteiger charge is -2.34. The summed E-state index contributed by atoms with van der Waals surface area (Å²) in [6, 6.07) is 13.4. The fourth-order valence-corrected chi connectivity index (χ4v) is 5.13. The number of nitrogens with zero attached hydrogens (tertiary/aromatic N) is 2. The Morgan fingerprint density at radius 3 is 2.37 bits per heavy atom. The van der Waals surface area contributed by atoms with Gasteiger partial charge in [-0.3, -0.25) is 4.79 Å². The Morgan fingerprint density at radius 1 is 1.00 bits per heavy atom. The molecule has 1 fully saturated rings. The monoisotopic (exact) mass is 452 g/mol. The van der Waals surface area contributed by atoms with E-state index in [4.69, 9.17) is 21.1 Å². The number of carbonyl (C=O) groups is 1. The molecule has 7 nitrogen and oxygen atoms in total. The Balaban J connectivity index is 1.66. The van der Waals surface area contributed by atoms with Crippen LogP contribution < -0.4 is 4.74 Å². The first-order valence-corrected chi connectivity index (χ1v) is 11.6. The molecule has 2 aromatic carbocycles. The third kappa shape index (κ3) is 5.13. The van der Waals surface area contributed by atoms with Crippen LogP contribution in [0.1, 0.15) is 17.3 Å². The molecule has 0 spiro atoms. The van der Waals surface area contributed by atoms with E-state index in [-0.39, 0.29) is 42.0 Å². The van der Waals surface area contributed by atoms with E-state index in [1.165, 1.54) is 10.4 Å². The maximum Gasteiger partial charge on any atom is 0.257 e. The fraction of sp³-hybridized carbons (Fsp3) is 0.381. The van der Waals surface area contributed by atoms with Crippen molar-refractivity contribution in [2.45, 2.75) is 11.8 Å². The zero-order valence-corrected chi connectivity index (χ0v) is 18.4. The molecule has 1 heterocycles. The highest BCUT2D eigenvalue weighted by Gasteiger charge is 2.32. The van der Waals surface area contributed by atoms with Crippen LogP contribution in [0.15, 0.2) is 53.4 Å². The summed E-state index contributed by atoms with van der Waals surface area (Å²) >= 11 is 6.07. The minimum Gasteiger partial charge on any atom is -0.490 e. The molecule has 0 unspecified atom stereocenters. The number of ether oxygens (including phenoxy) is 2. The molecule has 3 rings (SSSR count). The maximum atomic E-state index is 13.0. The van der Waals surface area contributed by atoms with Gasteiger partial charge in [-0.2, -0.15) is 4.31 Å². The van der Waals surface area contributed by atoms with Gasteiger partial charge < -0.3 is 14.4 Å². The third-order valence-corrected chi connectivity index (χ3v) is 7.19. The zero-order valence-electron chi connectivity index (χ0n) is 16.8. The third-order valence-electron chi connectivity index (χ3n) is 4.79. The molecule has 0 saturated carbocycles. The predicted octanol–water partition coefficient (Wildman–Crippen LogP) is 2.90. The number of amides is 1. The van der Waals surface area contributed by atoms with Crippen molar-refractivity contribution in [2.75, 3.05) is 46.0 Å². The molecule has 1 amide bonds. The van der Waals surface area contributed by atoms with Crippen molar-refractivity contribution in [3.05, 3.63) is 59.1 Å². The summed E-state index contributed by atoms with van der Waals surface area (Å²) in [5.41, 5.74) is 0.455. The Hall–Kier alpha value is -2.13. The van der Waals surface area contributed by atoms with Crippen LogP contribution in [0, 0.1) is 0 Å². The smallest absolute Gasteiger partial charge is 0.257 e. The van der Waals surface area contributed by atoms with Gasteiger partial charge in [-0.05, 0) is 31.2 Å². The van der Waals surface area contributed by atoms with E-state index in [1.54, 1.807) is 47.4 Å². The quantitative estimate of drug-likeness (QED) is 0.575. The molecular formula is C21H25ClN2O5S. The number of benzene rings is 2. The second-order valence-electron chi connectivity index (χ2n) is 6.67. The molecule has 30 heavy (non-hydrogen) atoms. The minimum absolute atomic E-state index is 0.0829. The standard InChI is InChI=1S/C21H25ClN2O5S/c1-2-28-15-16-29-19-9-5-3-7-17(19)21(25)23-11-13-24(14-12-23)30(26,27)20-10-6-4-8-18(20)22/h3-10H,2,11-16H2,1H3. The molecule has 1 aliphatic rings. The van der Waals surface area contributed by atoms with E-state index in [2.05, 4.69) is 0 Å². The Morgan fingerprint density at radius 2 is 1.67 bits per heavy atom. The van der Waals surface area contributed by atoms with Crippen LogP contribution >= 0.6 is 11.6 Å². The number of carbonyl (C=O) groups excluding carboxylic acids is 1. The van der Waals surface area contributed by atoms with Gasteiger partial charge in [0, 0.05) is 32.8 Å². The van der Waals surface area contributed by atoms with Crippen LogP contribution in [0.4, 0.5) is 0 Å². The van der Waals surface area contributed by atoms with Gasteiger partial charge in [-0.1, -0.05) is 35.9 Å². The molecule has 2 aromatic rings. The highest BCUT2D eigenvalue weighted by atomic mass is 35.5. The zero-order chi connectivity index (χ0) is 21.6. The van der Waals surface area contributed by atoms with Gasteiger partial charge in [-0.15, -0.1) is 0 Å². The minimum atomic E-state index is -3.71. The molecule has 1 saturated heterocycles. The summed E-state index contributed by atoms with van der Waals surface area (Å²) in [6.45, 7) is 4.28. The first-order valence-electron chi connectivity index (χ1n) is 9.78. The number of halogens is 1. The van der Waals surface area contributed by atoms with Crippen molar-refractivity contribution in [1.82, 2.24) is 9.21 Å². The summed E-state index contributed by atoms with van der Waals surface area (Å²) in [5.74, 6) is 0.310. The first kappa shape index (κ1) is 22.6.